The highest BCUT2D eigenvalue weighted by Crippen LogP contribution is 2.18. The first kappa shape index (κ1) is 29.2. The second-order valence-corrected chi connectivity index (χ2v) is 10.2. The number of rotatable bonds is 20. The summed E-state index contributed by atoms with van der Waals surface area (Å²) in [5.41, 5.74) is 0.356. The van der Waals surface area contributed by atoms with Gasteiger partial charge in [0.15, 0.2) is 0 Å². The van der Waals surface area contributed by atoms with Crippen LogP contribution in [-0.4, -0.2) is 37.6 Å². The maximum absolute atomic E-state index is 11.8. The van der Waals surface area contributed by atoms with Crippen molar-refractivity contribution in [1.29, 1.82) is 0 Å². The van der Waals surface area contributed by atoms with E-state index in [1.54, 1.807) is 0 Å². The second kappa shape index (κ2) is 20.1. The van der Waals surface area contributed by atoms with E-state index in [-0.39, 0.29) is 5.97 Å². The lowest BCUT2D eigenvalue weighted by Crippen LogP contribution is -2.27. The first-order valence-corrected chi connectivity index (χ1v) is 12.8. The smallest absolute Gasteiger partial charge is 0.305 e. The number of carbonyl (C=O) groups is 1. The Morgan fingerprint density at radius 3 is 1.90 bits per heavy atom. The number of carbonyl (C=O) groups excluding carboxylic acids is 1. The number of likely N-dealkylation sites (N-methyl/N-ethyl adjacent to an activating group) is 1. The molecule has 0 rings (SSSR count). The Hall–Kier alpha value is -0.830. The zero-order chi connectivity index (χ0) is 22.5. The van der Waals surface area contributed by atoms with Gasteiger partial charge in [0.25, 0.3) is 0 Å². The average molecular weight is 424 g/mol. The summed E-state index contributed by atoms with van der Waals surface area (Å²) in [6.07, 6.45) is 23.1. The summed E-state index contributed by atoms with van der Waals surface area (Å²) in [5, 5.41) is 0. The summed E-state index contributed by atoms with van der Waals surface area (Å²) in [5.74, 6) is -0.0307. The average Bonchev–Trinajstić information content (AvgIpc) is 2.69. The van der Waals surface area contributed by atoms with Gasteiger partial charge in [-0.05, 0) is 57.5 Å². The van der Waals surface area contributed by atoms with E-state index in [4.69, 9.17) is 4.74 Å². The van der Waals surface area contributed by atoms with Gasteiger partial charge in [-0.2, -0.15) is 0 Å². The van der Waals surface area contributed by atoms with Crippen molar-refractivity contribution in [2.24, 2.45) is 5.41 Å². The number of hydrogen-bond donors (Lipinski definition) is 0. The molecule has 0 aromatic rings. The fourth-order valence-electron chi connectivity index (χ4n) is 3.37. The highest BCUT2D eigenvalue weighted by atomic mass is 16.5. The molecule has 0 saturated carbocycles. The zero-order valence-electron chi connectivity index (χ0n) is 21.1. The van der Waals surface area contributed by atoms with Crippen LogP contribution in [-0.2, 0) is 9.53 Å². The maximum atomic E-state index is 11.8. The van der Waals surface area contributed by atoms with Gasteiger partial charge in [-0.1, -0.05) is 91.2 Å². The van der Waals surface area contributed by atoms with Crippen molar-refractivity contribution in [3.63, 3.8) is 0 Å². The predicted octanol–water partition coefficient (Wildman–Crippen LogP) is 7.94. The normalized spacial score (nSPS) is 12.2. The molecule has 0 fully saturated rings. The fraction of sp³-hybridized carbons (Fsp3) is 0.889. The fourth-order valence-corrected chi connectivity index (χ4v) is 3.37. The van der Waals surface area contributed by atoms with Crippen molar-refractivity contribution < 1.29 is 9.53 Å². The van der Waals surface area contributed by atoms with Crippen LogP contribution in [0.2, 0.25) is 0 Å². The Morgan fingerprint density at radius 2 is 1.33 bits per heavy atom. The maximum Gasteiger partial charge on any atom is 0.305 e. The summed E-state index contributed by atoms with van der Waals surface area (Å²) in [7, 11) is 2.10. The van der Waals surface area contributed by atoms with Crippen LogP contribution in [0.15, 0.2) is 12.2 Å². The molecule has 0 amide bonds. The Bertz CT molecular complexity index is 412. The lowest BCUT2D eigenvalue weighted by molar-refractivity contribution is -0.144. The van der Waals surface area contributed by atoms with E-state index in [9.17, 15) is 4.79 Å². The molecule has 0 bridgehead atoms. The van der Waals surface area contributed by atoms with Crippen molar-refractivity contribution >= 4 is 5.97 Å². The van der Waals surface area contributed by atoms with E-state index in [1.807, 2.05) is 0 Å². The lowest BCUT2D eigenvalue weighted by atomic mass is 9.92. The molecule has 178 valence electrons. The van der Waals surface area contributed by atoms with Crippen molar-refractivity contribution in [3.05, 3.63) is 12.2 Å². The van der Waals surface area contributed by atoms with Gasteiger partial charge in [0.2, 0.25) is 0 Å². The third-order valence-electron chi connectivity index (χ3n) is 5.62. The third kappa shape index (κ3) is 23.4. The molecule has 3 nitrogen and oxygen atoms in total. The monoisotopic (exact) mass is 423 g/mol. The Morgan fingerprint density at radius 1 is 0.800 bits per heavy atom. The highest BCUT2D eigenvalue weighted by molar-refractivity contribution is 5.69. The van der Waals surface area contributed by atoms with Crippen molar-refractivity contribution in [1.82, 2.24) is 4.90 Å². The van der Waals surface area contributed by atoms with Gasteiger partial charge >= 0.3 is 5.97 Å². The quantitative estimate of drug-likeness (QED) is 0.113. The van der Waals surface area contributed by atoms with Crippen LogP contribution in [0.3, 0.4) is 0 Å². The number of allylic oxidation sites excluding steroid dienone is 2. The van der Waals surface area contributed by atoms with E-state index in [0.29, 0.717) is 18.4 Å². The number of esters is 1. The molecule has 0 radical (unpaired) electrons. The molecule has 0 unspecified atom stereocenters. The third-order valence-corrected chi connectivity index (χ3v) is 5.62. The second-order valence-electron chi connectivity index (χ2n) is 10.2. The van der Waals surface area contributed by atoms with Crippen LogP contribution >= 0.6 is 0 Å². The van der Waals surface area contributed by atoms with E-state index < -0.39 is 0 Å². The van der Waals surface area contributed by atoms with E-state index in [2.05, 4.69) is 51.8 Å². The molecule has 0 heterocycles. The Kier molecular flexibility index (Phi) is 19.5. The Labute approximate surface area is 189 Å². The molecule has 0 aromatic heterocycles. The standard InChI is InChI=1S/C27H53NO2/c1-6-7-8-9-10-11-12-13-14-15-16-17-18-19-20-21-26(29)30-25-24-28(5)23-22-27(2,3)4/h13-14H,6-12,15-25H2,1-5H3/b14-13-. The first-order chi connectivity index (χ1) is 14.3. The molecule has 0 atom stereocenters. The molecule has 0 N–H and O–H groups in total. The van der Waals surface area contributed by atoms with Gasteiger partial charge in [-0.15, -0.1) is 0 Å². The molecule has 0 saturated heterocycles. The van der Waals surface area contributed by atoms with Crippen molar-refractivity contribution in [3.8, 4) is 0 Å². The summed E-state index contributed by atoms with van der Waals surface area (Å²) in [6, 6.07) is 0. The lowest BCUT2D eigenvalue weighted by Gasteiger charge is -2.23. The van der Waals surface area contributed by atoms with Crippen molar-refractivity contribution in [2.75, 3.05) is 26.7 Å². The van der Waals surface area contributed by atoms with Crippen LogP contribution < -0.4 is 0 Å². The Balaban J connectivity index is 3.36. The van der Waals surface area contributed by atoms with E-state index in [0.717, 1.165) is 32.4 Å². The SMILES string of the molecule is CCCCCCCC/C=C\CCCCCCCC(=O)OCCN(C)CCC(C)(C)C. The summed E-state index contributed by atoms with van der Waals surface area (Å²) in [6.45, 7) is 11.4. The largest absolute Gasteiger partial charge is 0.464 e. The predicted molar refractivity (Wildman–Crippen MR) is 132 cm³/mol. The molecule has 0 aromatic carbocycles. The van der Waals surface area contributed by atoms with Gasteiger partial charge in [0, 0.05) is 13.0 Å². The van der Waals surface area contributed by atoms with Gasteiger partial charge in [-0.25, -0.2) is 0 Å². The molecular weight excluding hydrogens is 370 g/mol. The molecular formula is C27H53NO2. The highest BCUT2D eigenvalue weighted by Gasteiger charge is 2.11. The van der Waals surface area contributed by atoms with Crippen LogP contribution in [0.1, 0.15) is 124 Å². The molecule has 30 heavy (non-hydrogen) atoms. The molecule has 0 aliphatic heterocycles. The molecule has 0 spiro atoms. The van der Waals surface area contributed by atoms with Crippen LogP contribution in [0.4, 0.5) is 0 Å². The summed E-state index contributed by atoms with van der Waals surface area (Å²) >= 11 is 0. The minimum absolute atomic E-state index is 0.0307. The zero-order valence-corrected chi connectivity index (χ0v) is 21.1. The van der Waals surface area contributed by atoms with Crippen LogP contribution in [0.5, 0.6) is 0 Å². The van der Waals surface area contributed by atoms with Crippen LogP contribution in [0.25, 0.3) is 0 Å². The number of hydrogen-bond acceptors (Lipinski definition) is 3. The molecule has 0 aliphatic carbocycles. The van der Waals surface area contributed by atoms with Gasteiger partial charge in [-0.3, -0.25) is 4.79 Å². The topological polar surface area (TPSA) is 29.5 Å². The van der Waals surface area contributed by atoms with Gasteiger partial charge < -0.3 is 9.64 Å². The molecule has 0 aliphatic rings. The summed E-state index contributed by atoms with van der Waals surface area (Å²) in [4.78, 5) is 14.1. The number of unbranched alkanes of at least 4 members (excludes halogenated alkanes) is 11. The van der Waals surface area contributed by atoms with E-state index in [1.165, 1.54) is 70.6 Å². The minimum Gasteiger partial charge on any atom is -0.464 e. The van der Waals surface area contributed by atoms with Gasteiger partial charge in [0.1, 0.15) is 6.61 Å². The van der Waals surface area contributed by atoms with E-state index >= 15 is 0 Å². The number of nitrogens with zero attached hydrogens (tertiary/aromatic N) is 1. The first-order valence-electron chi connectivity index (χ1n) is 12.8. The number of ether oxygens (including phenoxy) is 1. The molecule has 3 heteroatoms. The van der Waals surface area contributed by atoms with Crippen LogP contribution in [0, 0.1) is 5.41 Å². The van der Waals surface area contributed by atoms with Gasteiger partial charge in [0.05, 0.1) is 0 Å². The summed E-state index contributed by atoms with van der Waals surface area (Å²) < 4.78 is 5.37. The minimum atomic E-state index is -0.0307. The van der Waals surface area contributed by atoms with Crippen molar-refractivity contribution in [2.45, 2.75) is 124 Å².